The molecule has 1 aliphatic heterocycles. The number of ether oxygens (including phenoxy) is 1. The molecule has 0 aliphatic carbocycles. The lowest BCUT2D eigenvalue weighted by Gasteiger charge is -2.26. The van der Waals surface area contributed by atoms with Crippen molar-refractivity contribution >= 4 is 25.7 Å². The first-order chi connectivity index (χ1) is 12.7. The number of rotatable bonds is 5. The molecule has 0 atom stereocenters. The third kappa shape index (κ3) is 4.29. The Kier molecular flexibility index (Phi) is 5.52. The summed E-state index contributed by atoms with van der Waals surface area (Å²) in [6, 6.07) is 8.83. The van der Waals surface area contributed by atoms with Gasteiger partial charge >= 0.3 is 0 Å². The SMILES string of the molecule is Cc1ccc(NS(=O)(=O)c2cccc(F)c2)cc1S(=O)(=O)N1CCOCC1. The highest BCUT2D eigenvalue weighted by atomic mass is 32.2. The number of benzene rings is 2. The second-order valence-corrected chi connectivity index (χ2v) is 9.65. The van der Waals surface area contributed by atoms with Crippen LogP contribution in [-0.2, 0) is 24.8 Å². The van der Waals surface area contributed by atoms with Crippen LogP contribution >= 0.6 is 0 Å². The third-order valence-electron chi connectivity index (χ3n) is 4.13. The second kappa shape index (κ2) is 7.55. The van der Waals surface area contributed by atoms with E-state index in [4.69, 9.17) is 4.74 Å². The number of hydrogen-bond acceptors (Lipinski definition) is 5. The van der Waals surface area contributed by atoms with Crippen LogP contribution in [0.4, 0.5) is 10.1 Å². The molecule has 0 spiro atoms. The fourth-order valence-electron chi connectivity index (χ4n) is 2.72. The van der Waals surface area contributed by atoms with Crippen LogP contribution in [-0.4, -0.2) is 47.4 Å². The summed E-state index contributed by atoms with van der Waals surface area (Å²) in [5.74, 6) is -0.683. The Bertz CT molecular complexity index is 1050. The number of anilines is 1. The maximum absolute atomic E-state index is 13.3. The fraction of sp³-hybridized carbons (Fsp3) is 0.294. The number of hydrogen-bond donors (Lipinski definition) is 1. The molecule has 7 nitrogen and oxygen atoms in total. The number of nitrogens with one attached hydrogen (secondary N) is 1. The van der Waals surface area contributed by atoms with Gasteiger partial charge in [-0.2, -0.15) is 4.31 Å². The predicted octanol–water partition coefficient (Wildman–Crippen LogP) is 1.96. The Morgan fingerprint density at radius 1 is 1.04 bits per heavy atom. The van der Waals surface area contributed by atoms with Crippen LogP contribution < -0.4 is 4.72 Å². The van der Waals surface area contributed by atoms with E-state index < -0.39 is 25.9 Å². The minimum absolute atomic E-state index is 0.0174. The van der Waals surface area contributed by atoms with Crippen LogP contribution in [0.25, 0.3) is 0 Å². The Morgan fingerprint density at radius 3 is 2.41 bits per heavy atom. The lowest BCUT2D eigenvalue weighted by Crippen LogP contribution is -2.40. The van der Waals surface area contributed by atoms with Crippen molar-refractivity contribution in [3.63, 3.8) is 0 Å². The van der Waals surface area contributed by atoms with E-state index in [9.17, 15) is 21.2 Å². The standard InChI is InChI=1S/C17H19FN2O5S2/c1-13-5-6-15(19-26(21,22)16-4-2-3-14(18)11-16)12-17(13)27(23,24)20-7-9-25-10-8-20/h2-6,11-12,19H,7-10H2,1H3. The van der Waals surface area contributed by atoms with Crippen molar-refractivity contribution in [1.82, 2.24) is 4.31 Å². The Morgan fingerprint density at radius 2 is 1.74 bits per heavy atom. The molecule has 0 unspecified atom stereocenters. The highest BCUT2D eigenvalue weighted by Crippen LogP contribution is 2.26. The molecule has 0 saturated carbocycles. The summed E-state index contributed by atoms with van der Waals surface area (Å²) in [7, 11) is -7.84. The van der Waals surface area contributed by atoms with Gasteiger partial charge in [0.1, 0.15) is 5.82 Å². The van der Waals surface area contributed by atoms with Gasteiger partial charge in [0, 0.05) is 13.1 Å². The molecule has 146 valence electrons. The molecule has 0 bridgehead atoms. The maximum Gasteiger partial charge on any atom is 0.261 e. The normalized spacial score (nSPS) is 16.2. The van der Waals surface area contributed by atoms with Gasteiger partial charge in [0.15, 0.2) is 0 Å². The topological polar surface area (TPSA) is 92.8 Å². The molecule has 1 heterocycles. The predicted molar refractivity (Wildman–Crippen MR) is 98.0 cm³/mol. The Hall–Kier alpha value is -2.01. The molecule has 0 radical (unpaired) electrons. The van der Waals surface area contributed by atoms with E-state index in [1.807, 2.05) is 0 Å². The van der Waals surface area contributed by atoms with Gasteiger partial charge in [-0.25, -0.2) is 21.2 Å². The average molecular weight is 414 g/mol. The van der Waals surface area contributed by atoms with E-state index in [1.165, 1.54) is 34.6 Å². The van der Waals surface area contributed by atoms with Gasteiger partial charge in [-0.1, -0.05) is 12.1 Å². The van der Waals surface area contributed by atoms with Gasteiger partial charge in [0.05, 0.1) is 28.7 Å². The molecule has 1 N–H and O–H groups in total. The minimum Gasteiger partial charge on any atom is -0.379 e. The van der Waals surface area contributed by atoms with Crippen LogP contribution in [0.15, 0.2) is 52.3 Å². The maximum atomic E-state index is 13.3. The quantitative estimate of drug-likeness (QED) is 0.807. The van der Waals surface area contributed by atoms with Gasteiger partial charge in [-0.15, -0.1) is 0 Å². The highest BCUT2D eigenvalue weighted by Gasteiger charge is 2.28. The minimum atomic E-state index is -4.05. The van der Waals surface area contributed by atoms with Crippen LogP contribution in [0.2, 0.25) is 0 Å². The van der Waals surface area contributed by atoms with Crippen LogP contribution in [0.3, 0.4) is 0 Å². The number of morpholine rings is 1. The van der Waals surface area contributed by atoms with Crippen molar-refractivity contribution in [3.8, 4) is 0 Å². The molecule has 0 amide bonds. The molecular weight excluding hydrogens is 395 g/mol. The molecule has 1 aliphatic rings. The van der Waals surface area contributed by atoms with Gasteiger partial charge in [-0.05, 0) is 42.8 Å². The van der Waals surface area contributed by atoms with Crippen molar-refractivity contribution in [2.45, 2.75) is 16.7 Å². The van der Waals surface area contributed by atoms with Gasteiger partial charge in [0.2, 0.25) is 10.0 Å². The summed E-state index contributed by atoms with van der Waals surface area (Å²) in [5, 5.41) is 0. The first kappa shape index (κ1) is 19.7. The summed E-state index contributed by atoms with van der Waals surface area (Å²) in [4.78, 5) is -0.232. The zero-order valence-electron chi connectivity index (χ0n) is 14.6. The average Bonchev–Trinajstić information content (AvgIpc) is 2.64. The lowest BCUT2D eigenvalue weighted by molar-refractivity contribution is 0.0730. The summed E-state index contributed by atoms with van der Waals surface area (Å²) in [6.07, 6.45) is 0. The highest BCUT2D eigenvalue weighted by molar-refractivity contribution is 7.92. The molecule has 1 fully saturated rings. The molecule has 10 heteroatoms. The summed E-state index contributed by atoms with van der Waals surface area (Å²) in [6.45, 7) is 2.73. The van der Waals surface area contributed by atoms with Crippen LogP contribution in [0, 0.1) is 12.7 Å². The molecular formula is C17H19FN2O5S2. The largest absolute Gasteiger partial charge is 0.379 e. The molecule has 2 aromatic rings. The number of halogens is 1. The molecule has 2 aromatic carbocycles. The van der Waals surface area contributed by atoms with Crippen molar-refractivity contribution in [2.24, 2.45) is 0 Å². The van der Waals surface area contributed by atoms with E-state index >= 15 is 0 Å². The number of aryl methyl sites for hydroxylation is 1. The van der Waals surface area contributed by atoms with Gasteiger partial charge < -0.3 is 4.74 Å². The zero-order chi connectivity index (χ0) is 19.7. The van der Waals surface area contributed by atoms with E-state index in [0.717, 1.165) is 12.1 Å². The van der Waals surface area contributed by atoms with E-state index in [1.54, 1.807) is 6.92 Å². The zero-order valence-corrected chi connectivity index (χ0v) is 16.2. The first-order valence-corrected chi connectivity index (χ1v) is 11.1. The van der Waals surface area contributed by atoms with Crippen molar-refractivity contribution in [3.05, 3.63) is 53.8 Å². The lowest BCUT2D eigenvalue weighted by atomic mass is 10.2. The fourth-order valence-corrected chi connectivity index (χ4v) is 5.46. The summed E-state index contributed by atoms with van der Waals surface area (Å²) >= 11 is 0. The molecule has 1 saturated heterocycles. The first-order valence-electron chi connectivity index (χ1n) is 8.17. The van der Waals surface area contributed by atoms with E-state index in [-0.39, 0.29) is 28.6 Å². The van der Waals surface area contributed by atoms with E-state index in [0.29, 0.717) is 18.8 Å². The molecule has 3 rings (SSSR count). The summed E-state index contributed by atoms with van der Waals surface area (Å²) < 4.78 is 72.8. The molecule has 0 aromatic heterocycles. The van der Waals surface area contributed by atoms with Crippen LogP contribution in [0.5, 0.6) is 0 Å². The van der Waals surface area contributed by atoms with Crippen LogP contribution in [0.1, 0.15) is 5.56 Å². The van der Waals surface area contributed by atoms with Crippen molar-refractivity contribution in [1.29, 1.82) is 0 Å². The van der Waals surface area contributed by atoms with Crippen molar-refractivity contribution < 1.29 is 26.0 Å². The Labute approximate surface area is 157 Å². The molecule has 27 heavy (non-hydrogen) atoms. The van der Waals surface area contributed by atoms with E-state index in [2.05, 4.69) is 4.72 Å². The number of sulfonamides is 2. The monoisotopic (exact) mass is 414 g/mol. The number of nitrogens with zero attached hydrogens (tertiary/aromatic N) is 1. The van der Waals surface area contributed by atoms with Gasteiger partial charge in [-0.3, -0.25) is 4.72 Å². The summed E-state index contributed by atoms with van der Waals surface area (Å²) in [5.41, 5.74) is 0.576. The third-order valence-corrected chi connectivity index (χ3v) is 7.55. The second-order valence-electron chi connectivity index (χ2n) is 6.06. The smallest absolute Gasteiger partial charge is 0.261 e. The van der Waals surface area contributed by atoms with Gasteiger partial charge in [0.25, 0.3) is 10.0 Å². The van der Waals surface area contributed by atoms with Crippen molar-refractivity contribution in [2.75, 3.05) is 31.0 Å². The Balaban J connectivity index is 1.94.